The maximum absolute atomic E-state index is 12.3. The van der Waals surface area contributed by atoms with Crippen LogP contribution in [-0.2, 0) is 19.2 Å². The quantitative estimate of drug-likeness (QED) is 0.338. The van der Waals surface area contributed by atoms with Crippen molar-refractivity contribution in [3.05, 3.63) is 12.2 Å². The van der Waals surface area contributed by atoms with Gasteiger partial charge >= 0.3 is 6.16 Å². The minimum absolute atomic E-state index is 0.104. The smallest absolute Gasteiger partial charge is 0.427 e. The van der Waals surface area contributed by atoms with Crippen LogP contribution in [-0.4, -0.2) is 29.1 Å². The summed E-state index contributed by atoms with van der Waals surface area (Å²) < 4.78 is 4.94. The van der Waals surface area contributed by atoms with Gasteiger partial charge in [-0.15, -0.1) is 5.06 Å². The summed E-state index contributed by atoms with van der Waals surface area (Å²) in [6, 6.07) is 0. The second kappa shape index (κ2) is 5.50. The first-order valence-corrected chi connectivity index (χ1v) is 7.10. The zero-order chi connectivity index (χ0) is 15.8. The van der Waals surface area contributed by atoms with Crippen molar-refractivity contribution < 1.29 is 24.0 Å². The molecule has 0 radical (unpaired) electrons. The molecular weight excluding hydrogens is 274 g/mol. The summed E-state index contributed by atoms with van der Waals surface area (Å²) in [6.07, 6.45) is 3.96. The van der Waals surface area contributed by atoms with Gasteiger partial charge in [-0.1, -0.05) is 19.1 Å². The molecular formula is C15H21NO5. The number of hydroxylamine groups is 2. The Morgan fingerprint density at radius 1 is 1.29 bits per heavy atom. The molecule has 2 rings (SSSR count). The SMILES string of the molecule is CC1C2C=CC1C(C(=O)N(C=O)OC(=O)OC(C)(C)C)C2. The van der Waals surface area contributed by atoms with E-state index in [9.17, 15) is 14.4 Å². The summed E-state index contributed by atoms with van der Waals surface area (Å²) in [4.78, 5) is 39.7. The Bertz CT molecular complexity index is 479. The predicted octanol–water partition coefficient (Wildman–Crippen LogP) is 2.30. The van der Waals surface area contributed by atoms with Gasteiger partial charge < -0.3 is 4.74 Å². The number of rotatable bonds is 2. The van der Waals surface area contributed by atoms with Crippen LogP contribution in [0.25, 0.3) is 0 Å². The lowest BCUT2D eigenvalue weighted by Gasteiger charge is -2.24. The second-order valence-corrected chi connectivity index (χ2v) is 6.65. The van der Waals surface area contributed by atoms with Gasteiger partial charge in [0, 0.05) is 5.92 Å². The molecule has 4 atom stereocenters. The third-order valence-electron chi connectivity index (χ3n) is 4.05. The molecule has 2 aliphatic carbocycles. The first-order valence-electron chi connectivity index (χ1n) is 7.10. The molecule has 1 fully saturated rings. The van der Waals surface area contributed by atoms with E-state index in [2.05, 4.69) is 13.0 Å². The fraction of sp³-hybridized carbons (Fsp3) is 0.667. The lowest BCUT2D eigenvalue weighted by molar-refractivity contribution is -0.183. The summed E-state index contributed by atoms with van der Waals surface area (Å²) in [5.74, 6) is 0.0438. The van der Waals surface area contributed by atoms with Crippen molar-refractivity contribution in [1.82, 2.24) is 5.06 Å². The first kappa shape index (κ1) is 15.5. The predicted molar refractivity (Wildman–Crippen MR) is 73.6 cm³/mol. The zero-order valence-electron chi connectivity index (χ0n) is 12.7. The van der Waals surface area contributed by atoms with Crippen LogP contribution in [0.4, 0.5) is 4.79 Å². The van der Waals surface area contributed by atoms with Crippen LogP contribution in [0, 0.1) is 23.7 Å². The Balaban J connectivity index is 1.98. The molecule has 2 bridgehead atoms. The van der Waals surface area contributed by atoms with Crippen LogP contribution in [0.2, 0.25) is 0 Å². The summed E-state index contributed by atoms with van der Waals surface area (Å²) in [5, 5.41) is 0.458. The summed E-state index contributed by atoms with van der Waals surface area (Å²) in [6.45, 7) is 7.10. The van der Waals surface area contributed by atoms with Gasteiger partial charge in [0.15, 0.2) is 0 Å². The van der Waals surface area contributed by atoms with Crippen LogP contribution in [0.3, 0.4) is 0 Å². The molecule has 0 aromatic heterocycles. The monoisotopic (exact) mass is 295 g/mol. The number of hydrogen-bond acceptors (Lipinski definition) is 5. The molecule has 0 aromatic rings. The van der Waals surface area contributed by atoms with E-state index in [4.69, 9.17) is 9.57 Å². The summed E-state index contributed by atoms with van der Waals surface area (Å²) in [5.41, 5.74) is -0.752. The van der Waals surface area contributed by atoms with E-state index in [1.165, 1.54) is 0 Å². The number of amides is 2. The standard InChI is InChI=1S/C15H21NO5/c1-9-10-5-6-11(9)12(7-10)13(18)16(8-17)21-14(19)20-15(2,3)4/h5-6,8-12H,7H2,1-4H3. The number of fused-ring (bicyclic) bond motifs is 2. The maximum atomic E-state index is 12.3. The second-order valence-electron chi connectivity index (χ2n) is 6.65. The summed E-state index contributed by atoms with van der Waals surface area (Å²) in [7, 11) is 0. The molecule has 4 unspecified atom stereocenters. The number of allylic oxidation sites excluding steroid dienone is 2. The highest BCUT2D eigenvalue weighted by molar-refractivity contribution is 5.88. The van der Waals surface area contributed by atoms with Gasteiger partial charge in [0.1, 0.15) is 5.60 Å². The molecule has 6 nitrogen and oxygen atoms in total. The minimum Gasteiger partial charge on any atom is -0.427 e. The Kier molecular flexibility index (Phi) is 4.07. The van der Waals surface area contributed by atoms with E-state index in [-0.39, 0.29) is 18.2 Å². The highest BCUT2D eigenvalue weighted by atomic mass is 16.8. The van der Waals surface area contributed by atoms with Crippen molar-refractivity contribution >= 4 is 18.5 Å². The van der Waals surface area contributed by atoms with E-state index in [1.54, 1.807) is 20.8 Å². The number of carbonyl (C=O) groups excluding carboxylic acids is 3. The third-order valence-corrected chi connectivity index (χ3v) is 4.05. The number of hydrogen-bond donors (Lipinski definition) is 0. The van der Waals surface area contributed by atoms with Gasteiger partial charge in [-0.05, 0) is 44.9 Å². The van der Waals surface area contributed by atoms with Crippen molar-refractivity contribution in [2.45, 2.75) is 39.7 Å². The first-order chi connectivity index (χ1) is 9.73. The van der Waals surface area contributed by atoms with Crippen molar-refractivity contribution in [2.75, 3.05) is 0 Å². The lowest BCUT2D eigenvalue weighted by Crippen LogP contribution is -2.40. The Morgan fingerprint density at radius 2 is 1.95 bits per heavy atom. The van der Waals surface area contributed by atoms with E-state index < -0.39 is 17.7 Å². The Morgan fingerprint density at radius 3 is 2.38 bits per heavy atom. The van der Waals surface area contributed by atoms with Crippen LogP contribution in [0.1, 0.15) is 34.1 Å². The van der Waals surface area contributed by atoms with Crippen LogP contribution in [0.5, 0.6) is 0 Å². The fourth-order valence-electron chi connectivity index (χ4n) is 3.05. The highest BCUT2D eigenvalue weighted by Gasteiger charge is 2.47. The van der Waals surface area contributed by atoms with Gasteiger partial charge in [0.2, 0.25) is 0 Å². The molecule has 0 heterocycles. The number of carbonyl (C=O) groups is 3. The number of imide groups is 1. The average molecular weight is 295 g/mol. The zero-order valence-corrected chi connectivity index (χ0v) is 12.7. The molecule has 2 amide bonds. The fourth-order valence-corrected chi connectivity index (χ4v) is 3.05. The number of ether oxygens (including phenoxy) is 1. The van der Waals surface area contributed by atoms with Gasteiger partial charge in [-0.2, -0.15) is 0 Å². The van der Waals surface area contributed by atoms with E-state index >= 15 is 0 Å². The molecule has 2 aliphatic rings. The van der Waals surface area contributed by atoms with Gasteiger partial charge in [0.05, 0.1) is 0 Å². The molecule has 21 heavy (non-hydrogen) atoms. The van der Waals surface area contributed by atoms with Crippen molar-refractivity contribution in [1.29, 1.82) is 0 Å². The van der Waals surface area contributed by atoms with Crippen molar-refractivity contribution in [3.8, 4) is 0 Å². The molecule has 0 saturated heterocycles. The van der Waals surface area contributed by atoms with Crippen LogP contribution in [0.15, 0.2) is 12.2 Å². The van der Waals surface area contributed by atoms with Gasteiger partial charge in [-0.3, -0.25) is 14.4 Å². The molecule has 0 aliphatic heterocycles. The molecule has 6 heteroatoms. The average Bonchev–Trinajstić information content (AvgIpc) is 2.88. The molecule has 1 saturated carbocycles. The number of nitrogens with zero attached hydrogens (tertiary/aromatic N) is 1. The van der Waals surface area contributed by atoms with Gasteiger partial charge in [-0.25, -0.2) is 4.79 Å². The Hall–Kier alpha value is -1.85. The molecule has 0 spiro atoms. The minimum atomic E-state index is -1.06. The topological polar surface area (TPSA) is 72.9 Å². The third kappa shape index (κ3) is 3.25. The molecule has 0 N–H and O–H groups in total. The maximum Gasteiger partial charge on any atom is 0.534 e. The molecule has 116 valence electrons. The lowest BCUT2D eigenvalue weighted by atomic mass is 9.91. The highest BCUT2D eigenvalue weighted by Crippen LogP contribution is 2.48. The van der Waals surface area contributed by atoms with E-state index in [1.807, 2.05) is 6.08 Å². The van der Waals surface area contributed by atoms with Crippen molar-refractivity contribution in [2.24, 2.45) is 23.7 Å². The largest absolute Gasteiger partial charge is 0.534 e. The van der Waals surface area contributed by atoms with Crippen LogP contribution >= 0.6 is 0 Å². The molecule has 0 aromatic carbocycles. The normalized spacial score (nSPS) is 30.1. The summed E-state index contributed by atoms with van der Waals surface area (Å²) >= 11 is 0. The van der Waals surface area contributed by atoms with Gasteiger partial charge in [0.25, 0.3) is 12.3 Å². The van der Waals surface area contributed by atoms with Crippen molar-refractivity contribution in [3.63, 3.8) is 0 Å². The van der Waals surface area contributed by atoms with E-state index in [0.29, 0.717) is 23.3 Å². The Labute approximate surface area is 124 Å². The van der Waals surface area contributed by atoms with Crippen LogP contribution < -0.4 is 0 Å². The van der Waals surface area contributed by atoms with E-state index in [0.717, 1.165) is 0 Å².